The molecule has 10 heteroatoms. The molecule has 0 aromatic heterocycles. The molecule has 0 aromatic carbocycles. The van der Waals surface area contributed by atoms with Gasteiger partial charge in [0.1, 0.15) is 22.3 Å². The highest BCUT2D eigenvalue weighted by Crippen LogP contribution is 2.29. The molecule has 0 saturated carbocycles. The molecule has 200 valence electrons. The summed E-state index contributed by atoms with van der Waals surface area (Å²) in [4.78, 5) is 78.2. The average Bonchev–Trinajstić information content (AvgIpc) is 2.84. The van der Waals surface area contributed by atoms with E-state index in [0.717, 1.165) is 0 Å². The van der Waals surface area contributed by atoms with Gasteiger partial charge in [-0.05, 0) is 25.7 Å². The lowest BCUT2D eigenvalue weighted by atomic mass is 9.83. The number of hydrogen-bond acceptors (Lipinski definition) is 10. The van der Waals surface area contributed by atoms with Gasteiger partial charge in [-0.2, -0.15) is 0 Å². The van der Waals surface area contributed by atoms with Crippen molar-refractivity contribution in [2.24, 2.45) is 0 Å². The molecule has 0 amide bonds. The van der Waals surface area contributed by atoms with Crippen LogP contribution in [0.15, 0.2) is 22.3 Å². The minimum atomic E-state index is -1.32. The van der Waals surface area contributed by atoms with Crippen LogP contribution in [0, 0.1) is 0 Å². The maximum Gasteiger partial charge on any atom is 0.343 e. The Balaban J connectivity index is 3.60. The highest BCUT2D eigenvalue weighted by atomic mass is 16.5. The van der Waals surface area contributed by atoms with E-state index >= 15 is 0 Å². The lowest BCUT2D eigenvalue weighted by Crippen LogP contribution is -2.38. The van der Waals surface area contributed by atoms with Gasteiger partial charge in [0.2, 0.25) is 11.6 Å². The van der Waals surface area contributed by atoms with Crippen LogP contribution in [0.25, 0.3) is 0 Å². The molecule has 0 aromatic rings. The summed E-state index contributed by atoms with van der Waals surface area (Å²) >= 11 is 0. The van der Waals surface area contributed by atoms with Crippen LogP contribution in [-0.2, 0) is 47.7 Å². The first kappa shape index (κ1) is 30.7. The quantitative estimate of drug-likeness (QED) is 0.100. The molecule has 1 aliphatic rings. The van der Waals surface area contributed by atoms with Crippen molar-refractivity contribution in [1.82, 2.24) is 0 Å². The predicted molar refractivity (Wildman–Crippen MR) is 128 cm³/mol. The number of rotatable bonds is 16. The van der Waals surface area contributed by atoms with E-state index in [1.807, 2.05) is 27.7 Å². The monoisotopic (exact) mass is 508 g/mol. The zero-order valence-corrected chi connectivity index (χ0v) is 21.6. The minimum absolute atomic E-state index is 0.0790. The molecule has 1 rings (SSSR count). The van der Waals surface area contributed by atoms with Crippen molar-refractivity contribution in [2.75, 3.05) is 26.4 Å². The van der Waals surface area contributed by atoms with Crippen molar-refractivity contribution in [2.45, 2.75) is 79.1 Å². The van der Waals surface area contributed by atoms with Crippen molar-refractivity contribution in [3.05, 3.63) is 22.3 Å². The summed E-state index contributed by atoms with van der Waals surface area (Å²) < 4.78 is 20.3. The normalized spacial score (nSPS) is 13.6. The van der Waals surface area contributed by atoms with Gasteiger partial charge in [0.15, 0.2) is 0 Å². The third-order valence-corrected chi connectivity index (χ3v) is 5.15. The van der Waals surface area contributed by atoms with Gasteiger partial charge in [-0.25, -0.2) is 19.2 Å². The molecule has 0 saturated heterocycles. The number of ether oxygens (including phenoxy) is 4. The van der Waals surface area contributed by atoms with E-state index in [2.05, 4.69) is 0 Å². The van der Waals surface area contributed by atoms with E-state index < -0.39 is 57.7 Å². The van der Waals surface area contributed by atoms with Crippen molar-refractivity contribution < 1.29 is 47.7 Å². The molecule has 0 unspecified atom stereocenters. The predicted octanol–water partition coefficient (Wildman–Crippen LogP) is 3.10. The number of esters is 4. The molecule has 0 heterocycles. The van der Waals surface area contributed by atoms with Crippen LogP contribution in [0.3, 0.4) is 0 Å². The molecule has 0 fully saturated rings. The van der Waals surface area contributed by atoms with Gasteiger partial charge in [-0.15, -0.1) is 0 Å². The summed E-state index contributed by atoms with van der Waals surface area (Å²) in [6, 6.07) is 0. The second kappa shape index (κ2) is 16.4. The lowest BCUT2D eigenvalue weighted by Gasteiger charge is -2.21. The third-order valence-electron chi connectivity index (χ3n) is 5.15. The molecule has 36 heavy (non-hydrogen) atoms. The van der Waals surface area contributed by atoms with Crippen LogP contribution < -0.4 is 0 Å². The molecule has 0 aliphatic heterocycles. The number of hydrogen-bond donors (Lipinski definition) is 0. The fraction of sp³-hybridized carbons (Fsp3) is 0.615. The van der Waals surface area contributed by atoms with E-state index in [4.69, 9.17) is 18.9 Å². The topological polar surface area (TPSA) is 139 Å². The molecular formula is C26H36O10. The molecule has 10 nitrogen and oxygen atoms in total. The van der Waals surface area contributed by atoms with Gasteiger partial charge in [0.05, 0.1) is 26.4 Å². The van der Waals surface area contributed by atoms with Crippen molar-refractivity contribution in [1.29, 1.82) is 0 Å². The molecule has 0 bridgehead atoms. The van der Waals surface area contributed by atoms with Gasteiger partial charge < -0.3 is 18.9 Å². The maximum atomic E-state index is 13.4. The number of unbranched alkanes of at least 4 members (excludes halogenated alkanes) is 4. The van der Waals surface area contributed by atoms with E-state index in [1.54, 1.807) is 0 Å². The smallest absolute Gasteiger partial charge is 0.343 e. The molecule has 0 radical (unpaired) electrons. The Morgan fingerprint density at radius 1 is 0.444 bits per heavy atom. The van der Waals surface area contributed by atoms with Crippen molar-refractivity contribution >= 4 is 35.4 Å². The van der Waals surface area contributed by atoms with Crippen LogP contribution in [0.4, 0.5) is 0 Å². The molecule has 0 N–H and O–H groups in total. The molecule has 1 aliphatic carbocycles. The van der Waals surface area contributed by atoms with E-state index in [-0.39, 0.29) is 26.4 Å². The van der Waals surface area contributed by atoms with E-state index in [9.17, 15) is 28.8 Å². The molecule has 0 spiro atoms. The summed E-state index contributed by atoms with van der Waals surface area (Å²) in [6.07, 6.45) is 4.56. The van der Waals surface area contributed by atoms with Gasteiger partial charge in [-0.3, -0.25) is 9.59 Å². The Hall–Kier alpha value is -3.30. The van der Waals surface area contributed by atoms with Gasteiger partial charge >= 0.3 is 23.9 Å². The number of carbonyl (C=O) groups excluding carboxylic acids is 6. The van der Waals surface area contributed by atoms with Gasteiger partial charge in [0, 0.05) is 0 Å². The summed E-state index contributed by atoms with van der Waals surface area (Å²) in [6.45, 7) is 7.08. The Kier molecular flexibility index (Phi) is 14.0. The Bertz CT molecular complexity index is 768. The lowest BCUT2D eigenvalue weighted by molar-refractivity contribution is -0.148. The van der Waals surface area contributed by atoms with Gasteiger partial charge in [-0.1, -0.05) is 53.4 Å². The fourth-order valence-electron chi connectivity index (χ4n) is 3.01. The van der Waals surface area contributed by atoms with Crippen LogP contribution in [0.2, 0.25) is 0 Å². The minimum Gasteiger partial charge on any atom is -0.462 e. The zero-order chi connectivity index (χ0) is 27.1. The summed E-state index contributed by atoms with van der Waals surface area (Å²) in [5.74, 6) is -7.68. The Morgan fingerprint density at radius 3 is 0.806 bits per heavy atom. The van der Waals surface area contributed by atoms with Crippen molar-refractivity contribution in [3.63, 3.8) is 0 Å². The standard InChI is InChI=1S/C26H36O10/c1-5-9-13-33-23(29)17-18(24(30)34-14-10-6-2)22(28)20(26(32)36-16-12-8-4)19(21(17)27)25(31)35-15-11-7-3/h5-16H2,1-4H3. The highest BCUT2D eigenvalue weighted by molar-refractivity contribution is 6.49. The number of ketones is 2. The SMILES string of the molecule is CCCCOC(=O)C1=C(C(=O)OCCCC)C(=O)C(C(=O)OCCCC)=C(C(=O)OCCCC)C1=O. The third kappa shape index (κ3) is 8.42. The average molecular weight is 509 g/mol. The van der Waals surface area contributed by atoms with Crippen LogP contribution in [0.1, 0.15) is 79.1 Å². The zero-order valence-electron chi connectivity index (χ0n) is 21.6. The van der Waals surface area contributed by atoms with Crippen LogP contribution in [-0.4, -0.2) is 61.9 Å². The molecule has 0 atom stereocenters. The maximum absolute atomic E-state index is 13.4. The summed E-state index contributed by atoms with van der Waals surface area (Å²) in [5.41, 5.74) is -3.81. The second-order valence-electron chi connectivity index (χ2n) is 8.12. The Labute approximate surface area is 211 Å². The van der Waals surface area contributed by atoms with E-state index in [1.165, 1.54) is 0 Å². The largest absolute Gasteiger partial charge is 0.462 e. The summed E-state index contributed by atoms with van der Waals surface area (Å²) in [5, 5.41) is 0. The van der Waals surface area contributed by atoms with Crippen LogP contribution >= 0.6 is 0 Å². The first-order valence-corrected chi connectivity index (χ1v) is 12.5. The number of Topliss-reactive ketones (excluding diaryl/α,β-unsaturated/α-hetero) is 2. The highest BCUT2D eigenvalue weighted by Gasteiger charge is 2.47. The summed E-state index contributed by atoms with van der Waals surface area (Å²) in [7, 11) is 0. The second-order valence-corrected chi connectivity index (χ2v) is 8.12. The first-order chi connectivity index (χ1) is 17.3. The molecular weight excluding hydrogens is 472 g/mol. The first-order valence-electron chi connectivity index (χ1n) is 12.5. The van der Waals surface area contributed by atoms with Crippen molar-refractivity contribution in [3.8, 4) is 0 Å². The van der Waals surface area contributed by atoms with E-state index in [0.29, 0.717) is 51.4 Å². The van der Waals surface area contributed by atoms with Gasteiger partial charge in [0.25, 0.3) is 0 Å². The van der Waals surface area contributed by atoms with Crippen LogP contribution in [0.5, 0.6) is 0 Å². The fourth-order valence-corrected chi connectivity index (χ4v) is 3.01. The Morgan fingerprint density at radius 2 is 0.639 bits per heavy atom. The number of carbonyl (C=O) groups is 6.